The maximum atomic E-state index is 13.4. The van der Waals surface area contributed by atoms with Crippen LogP contribution in [0.2, 0.25) is 0 Å². The minimum Gasteiger partial charge on any atom is -0.398 e. The van der Waals surface area contributed by atoms with E-state index in [1.165, 1.54) is 0 Å². The van der Waals surface area contributed by atoms with E-state index in [2.05, 4.69) is 30.9 Å². The van der Waals surface area contributed by atoms with Crippen LogP contribution in [-0.4, -0.2) is 169 Å². The van der Waals surface area contributed by atoms with Gasteiger partial charge in [-0.3, -0.25) is 42.5 Å². The van der Waals surface area contributed by atoms with Gasteiger partial charge in [0.1, 0.15) is 0 Å². The van der Waals surface area contributed by atoms with Gasteiger partial charge in [-0.2, -0.15) is 15.0 Å². The number of pyridine rings is 3. The summed E-state index contributed by atoms with van der Waals surface area (Å²) in [6, 6.07) is 0.909. The predicted octanol–water partition coefficient (Wildman–Crippen LogP) is 7.77. The van der Waals surface area contributed by atoms with Gasteiger partial charge >= 0.3 is 0 Å². The van der Waals surface area contributed by atoms with Crippen LogP contribution in [0.25, 0.3) is 33.1 Å². The molecule has 0 spiro atoms. The second-order valence-corrected chi connectivity index (χ2v) is 30.3. The smallest absolute Gasteiger partial charge is 0.258 e. The number of nitrogen functional groups attached to an aromatic ring is 3. The molecule has 11 N–H and O–H groups in total. The normalized spacial score (nSPS) is 24.9. The van der Waals surface area contributed by atoms with Crippen LogP contribution in [0, 0.1) is 31.6 Å². The summed E-state index contributed by atoms with van der Waals surface area (Å²) in [5, 5.41) is 31.9. The number of rotatable bonds is 13. The van der Waals surface area contributed by atoms with Crippen LogP contribution >= 0.6 is 0 Å². The average Bonchev–Trinajstić information content (AvgIpc) is 0.815. The lowest BCUT2D eigenvalue weighted by atomic mass is 9.85. The second-order valence-electron chi connectivity index (χ2n) is 30.3. The summed E-state index contributed by atoms with van der Waals surface area (Å²) in [6.45, 7) is 13.1. The van der Waals surface area contributed by atoms with Crippen LogP contribution < -0.4 is 49.8 Å². The van der Waals surface area contributed by atoms with E-state index in [1.807, 2.05) is 37.7 Å². The molecule has 100 heavy (non-hydrogen) atoms. The van der Waals surface area contributed by atoms with Gasteiger partial charge < -0.3 is 62.8 Å². The third-order valence-electron chi connectivity index (χ3n) is 23.4. The highest BCUT2D eigenvalue weighted by molar-refractivity contribution is 5.92. The number of hydrogen-bond donors (Lipinski definition) is 8. The fourth-order valence-corrected chi connectivity index (χ4v) is 16.6. The fraction of sp³-hybridized carbons (Fsp3) is 0.671. The number of carbonyl (C=O) groups excluding carboxylic acids is 3. The minimum atomic E-state index is -0.275. The number of carbonyl (C=O) groups is 3. The number of aromatic nitrogens is 9. The topological polar surface area (TPSA) is 368 Å². The predicted molar refractivity (Wildman–Crippen MR) is 386 cm³/mol. The Morgan fingerprint density at radius 2 is 0.790 bits per heavy atom. The van der Waals surface area contributed by atoms with Crippen molar-refractivity contribution in [1.29, 1.82) is 0 Å². The van der Waals surface area contributed by atoms with E-state index in [9.17, 15) is 39.0 Å². The van der Waals surface area contributed by atoms with Gasteiger partial charge in [0.2, 0.25) is 35.6 Å². The SMILES string of the molecule is CC(C)c1c(N)c2cnc(NC3CCC(C(=O)N4CCC(O)CC4)CC3)nc2n(C2CCC2)c1=O.Cc1c(N)c2cnc(NC3CCC(C(=O)N4CCC(O)CC4)CC3)nc2n([C@@H]2CCOC2)c1=O.Cc1c(N)c2cnc(NC3CCC(C(=O)N4CCCC4)CC3)nc2n(C2CCC2)c1=O. The first kappa shape index (κ1) is 70.4. The van der Waals surface area contributed by atoms with Gasteiger partial charge in [0.15, 0.2) is 16.9 Å². The first-order valence-corrected chi connectivity index (χ1v) is 37.4. The van der Waals surface area contributed by atoms with Crippen molar-refractivity contribution < 1.29 is 29.3 Å². The maximum absolute atomic E-state index is 13.4. The number of aliphatic hydroxyl groups excluding tert-OH is 2. The Labute approximate surface area is 583 Å². The Morgan fingerprint density at radius 3 is 1.12 bits per heavy atom. The third-order valence-corrected chi connectivity index (χ3v) is 23.4. The molecule has 9 fully saturated rings. The number of piperidine rings is 2. The lowest BCUT2D eigenvalue weighted by Crippen LogP contribution is -2.44. The third kappa shape index (κ3) is 14.8. The highest BCUT2D eigenvalue weighted by atomic mass is 16.5. The number of nitrogens with one attached hydrogen (secondary N) is 3. The van der Waals surface area contributed by atoms with Crippen molar-refractivity contribution in [3.63, 3.8) is 0 Å². The summed E-state index contributed by atoms with van der Waals surface area (Å²) in [7, 11) is 0. The fourth-order valence-electron chi connectivity index (χ4n) is 16.6. The highest BCUT2D eigenvalue weighted by Gasteiger charge is 2.37. The molecular formula is C73H104N18O9. The summed E-state index contributed by atoms with van der Waals surface area (Å²) in [5.41, 5.74) is 23.6. The maximum Gasteiger partial charge on any atom is 0.258 e. The quantitative estimate of drug-likeness (QED) is 0.0547. The van der Waals surface area contributed by atoms with Crippen molar-refractivity contribution in [3.8, 4) is 0 Å². The standard InChI is InChI=1S/C26H38N6O3.C24H34N6O4.C23H32N6O2/c1-15(2)21-22(27)20-14-28-26(30-23(20)32(25(21)35)18-4-3-5-18)29-17-8-6-16(7-9-17)24(34)31-12-10-19(33)11-13-31;1-14-20(25)19-12-26-24(28-21(19)30(22(14)32)17-8-11-34-13-17)27-16-4-2-15(3-5-16)23(33)29-9-6-18(31)7-10-29;1-14-19(24)18-13-25-23(27-20(18)29(21(14)30)17-5-4-6-17)26-16-9-7-15(8-10-16)22(31)28-11-2-3-12-28/h14-19,33H,3-13,27H2,1-2H3,(H,28,29,30);12,15-18,31H,2-11,13,25H2,1H3,(H,26,27,28);13,15-17H,2-12,24H2,1H3,(H,25,26,27)/t;15?,16?,17-;/m.1./s1. The number of anilines is 6. The molecule has 0 aromatic carbocycles. The monoisotopic (exact) mass is 1380 g/mol. The van der Waals surface area contributed by atoms with Gasteiger partial charge in [-0.15, -0.1) is 0 Å². The van der Waals surface area contributed by atoms with E-state index >= 15 is 0 Å². The Hall–Kier alpha value is -8.04. The van der Waals surface area contributed by atoms with E-state index in [0.29, 0.717) is 145 Å². The molecule has 5 saturated carbocycles. The summed E-state index contributed by atoms with van der Waals surface area (Å²) in [4.78, 5) is 111. The molecule has 540 valence electrons. The number of aliphatic hydroxyl groups is 2. The Balaban J connectivity index is 0.000000135. The molecule has 0 unspecified atom stereocenters. The second kappa shape index (κ2) is 30.7. The number of likely N-dealkylation sites (tertiary alicyclic amines) is 3. The lowest BCUT2D eigenvalue weighted by Gasteiger charge is -2.35. The van der Waals surface area contributed by atoms with Crippen molar-refractivity contribution in [3.05, 3.63) is 66.3 Å². The molecule has 6 aromatic rings. The molecule has 15 rings (SSSR count). The van der Waals surface area contributed by atoms with Crippen molar-refractivity contribution in [2.75, 3.05) is 85.6 Å². The number of nitrogens with two attached hydrogens (primary N) is 3. The average molecular weight is 1380 g/mol. The lowest BCUT2D eigenvalue weighted by molar-refractivity contribution is -0.139. The molecule has 10 heterocycles. The molecule has 9 aliphatic rings. The van der Waals surface area contributed by atoms with Crippen LogP contribution in [0.15, 0.2) is 33.0 Å². The van der Waals surface area contributed by atoms with Gasteiger partial charge in [0.05, 0.1) is 58.1 Å². The molecule has 0 radical (unpaired) electrons. The van der Waals surface area contributed by atoms with Crippen LogP contribution in [0.1, 0.15) is 215 Å². The van der Waals surface area contributed by atoms with Crippen molar-refractivity contribution in [2.45, 2.75) is 243 Å². The molecule has 6 aromatic heterocycles. The van der Waals surface area contributed by atoms with Crippen molar-refractivity contribution in [2.24, 2.45) is 17.8 Å². The zero-order valence-electron chi connectivity index (χ0n) is 58.8. The van der Waals surface area contributed by atoms with E-state index in [1.54, 1.807) is 37.0 Å². The molecule has 4 saturated heterocycles. The summed E-state index contributed by atoms with van der Waals surface area (Å²) < 4.78 is 10.9. The zero-order chi connectivity index (χ0) is 70.0. The summed E-state index contributed by atoms with van der Waals surface area (Å²) in [5.74, 6) is 2.61. The number of fused-ring (bicyclic) bond motifs is 3. The van der Waals surface area contributed by atoms with Gasteiger partial charge in [-0.25, -0.2) is 15.0 Å². The van der Waals surface area contributed by atoms with Gasteiger partial charge in [-0.1, -0.05) is 13.8 Å². The van der Waals surface area contributed by atoms with Crippen molar-refractivity contribution in [1.82, 2.24) is 58.3 Å². The Kier molecular flexibility index (Phi) is 21.6. The minimum absolute atomic E-state index is 0.0244. The van der Waals surface area contributed by atoms with E-state index < -0.39 is 0 Å². The van der Waals surface area contributed by atoms with Crippen LogP contribution in [0.4, 0.5) is 34.9 Å². The molecule has 5 aliphatic carbocycles. The van der Waals surface area contributed by atoms with E-state index in [-0.39, 0.29) is 101 Å². The first-order valence-electron chi connectivity index (χ1n) is 37.4. The van der Waals surface area contributed by atoms with Crippen molar-refractivity contribution >= 4 is 85.7 Å². The van der Waals surface area contributed by atoms with Gasteiger partial charge in [0, 0.05) is 129 Å². The van der Waals surface area contributed by atoms with Crippen LogP contribution in [0.5, 0.6) is 0 Å². The molecule has 3 amide bonds. The number of amides is 3. The molecule has 0 bridgehead atoms. The zero-order valence-corrected chi connectivity index (χ0v) is 58.8. The highest BCUT2D eigenvalue weighted by Crippen LogP contribution is 2.39. The van der Waals surface area contributed by atoms with Crippen LogP contribution in [-0.2, 0) is 19.1 Å². The molecular weight excluding hydrogens is 1270 g/mol. The number of ether oxygens (including phenoxy) is 1. The molecule has 4 aliphatic heterocycles. The summed E-state index contributed by atoms with van der Waals surface area (Å²) in [6.07, 6.45) is 27.0. The van der Waals surface area contributed by atoms with Crippen LogP contribution in [0.3, 0.4) is 0 Å². The van der Waals surface area contributed by atoms with E-state index in [0.717, 1.165) is 159 Å². The Morgan fingerprint density at radius 1 is 0.450 bits per heavy atom. The molecule has 27 nitrogen and oxygen atoms in total. The van der Waals surface area contributed by atoms with E-state index in [4.69, 9.17) is 36.9 Å². The first-order chi connectivity index (χ1) is 48.3. The summed E-state index contributed by atoms with van der Waals surface area (Å²) >= 11 is 0. The molecule has 27 heteroatoms. The van der Waals surface area contributed by atoms with Gasteiger partial charge in [-0.05, 0) is 180 Å². The molecule has 1 atom stereocenters. The van der Waals surface area contributed by atoms with Gasteiger partial charge in [0.25, 0.3) is 16.7 Å². The Bertz CT molecular complexity index is 4140. The number of hydrogen-bond acceptors (Lipinski definition) is 21. The largest absolute Gasteiger partial charge is 0.398 e. The number of nitrogens with zero attached hydrogens (tertiary/aromatic N) is 12.